The van der Waals surface area contributed by atoms with Crippen LogP contribution in [0.1, 0.15) is 5.56 Å². The SMILES string of the molecule is [C-]#[N+]c1c(C#N)c(-n2c3ccccc3c3c4oc5ccccc5c4ccc32)c(-c2cccc3c2oc2ccccc23)c(-n2c3ccccc3c3c4oc5ccccc5c4ccc32)c1-n1c2ccccc2c2c3oc4ccccc4c3ccc21. The largest absolute Gasteiger partial charge is 0.455 e. The molecule has 0 radical (unpaired) electrons. The molecular formula is C74H37N5O4. The minimum absolute atomic E-state index is 0.164. The van der Waals surface area contributed by atoms with Crippen molar-refractivity contribution in [1.82, 2.24) is 13.7 Å². The van der Waals surface area contributed by atoms with Crippen LogP contribution in [0.15, 0.2) is 242 Å². The van der Waals surface area contributed by atoms with Crippen molar-refractivity contribution in [1.29, 1.82) is 5.26 Å². The molecule has 9 heteroatoms. The second-order valence-corrected chi connectivity index (χ2v) is 21.5. The van der Waals surface area contributed by atoms with Crippen molar-refractivity contribution >= 4 is 159 Å². The van der Waals surface area contributed by atoms with E-state index in [4.69, 9.17) is 17.7 Å². The summed E-state index contributed by atoms with van der Waals surface area (Å²) in [5.41, 5.74) is 14.3. The van der Waals surface area contributed by atoms with Gasteiger partial charge in [0.2, 0.25) is 5.69 Å². The van der Waals surface area contributed by atoms with E-state index in [0.717, 1.165) is 153 Å². The van der Waals surface area contributed by atoms with Crippen LogP contribution in [0.5, 0.6) is 0 Å². The molecule has 83 heavy (non-hydrogen) atoms. The number of hydrogen-bond acceptors (Lipinski definition) is 5. The highest BCUT2D eigenvalue weighted by atomic mass is 16.3. The van der Waals surface area contributed by atoms with Gasteiger partial charge in [-0.2, -0.15) is 5.26 Å². The number of nitrogens with zero attached hydrogens (tertiary/aromatic N) is 5. The molecule has 19 rings (SSSR count). The van der Waals surface area contributed by atoms with E-state index in [1.54, 1.807) is 0 Å². The van der Waals surface area contributed by atoms with Crippen molar-refractivity contribution in [3.8, 4) is 34.3 Å². The summed E-state index contributed by atoms with van der Waals surface area (Å²) < 4.78 is 34.7. The van der Waals surface area contributed by atoms with Crippen molar-refractivity contribution in [3.63, 3.8) is 0 Å². The van der Waals surface area contributed by atoms with Crippen LogP contribution in [-0.2, 0) is 0 Å². The summed E-state index contributed by atoms with van der Waals surface area (Å²) in [6, 6.07) is 79.6. The molecule has 0 aliphatic carbocycles. The fourth-order valence-electron chi connectivity index (χ4n) is 14.2. The molecule has 0 fully saturated rings. The topological polar surface area (TPSA) is 95.5 Å². The summed E-state index contributed by atoms with van der Waals surface area (Å²) in [6.07, 6.45) is 0. The van der Waals surface area contributed by atoms with Gasteiger partial charge in [0.15, 0.2) is 0 Å². The zero-order chi connectivity index (χ0) is 54.3. The lowest BCUT2D eigenvalue weighted by Crippen LogP contribution is -2.12. The number of fused-ring (bicyclic) bond motifs is 24. The van der Waals surface area contributed by atoms with Crippen LogP contribution < -0.4 is 0 Å². The third kappa shape index (κ3) is 5.57. The lowest BCUT2D eigenvalue weighted by molar-refractivity contribution is 0.670. The molecule has 0 amide bonds. The molecule has 0 saturated heterocycles. The normalized spacial score (nSPS) is 12.3. The second-order valence-electron chi connectivity index (χ2n) is 21.5. The van der Waals surface area contributed by atoms with Crippen LogP contribution in [0, 0.1) is 17.9 Å². The molecule has 9 nitrogen and oxygen atoms in total. The monoisotopic (exact) mass is 1060 g/mol. The first kappa shape index (κ1) is 44.1. The molecule has 382 valence electrons. The quantitative estimate of drug-likeness (QED) is 0.164. The Balaban J connectivity index is 1.11. The average molecular weight is 1060 g/mol. The number of hydrogen-bond donors (Lipinski definition) is 0. The zero-order valence-corrected chi connectivity index (χ0v) is 43.7. The third-order valence-corrected chi connectivity index (χ3v) is 17.5. The number of furan rings is 4. The van der Waals surface area contributed by atoms with Gasteiger partial charge in [-0.15, -0.1) is 0 Å². The van der Waals surface area contributed by atoms with Gasteiger partial charge in [0.05, 0.1) is 84.5 Å². The molecule has 0 N–H and O–H groups in total. The van der Waals surface area contributed by atoms with Crippen molar-refractivity contribution in [2.75, 3.05) is 0 Å². The van der Waals surface area contributed by atoms with E-state index in [0.29, 0.717) is 28.2 Å². The number of benzene rings is 12. The fourth-order valence-corrected chi connectivity index (χ4v) is 14.2. The third-order valence-electron chi connectivity index (χ3n) is 17.5. The molecule has 0 bridgehead atoms. The maximum atomic E-state index is 12.5. The first-order chi connectivity index (χ1) is 41.1. The van der Waals surface area contributed by atoms with Gasteiger partial charge in [-0.25, -0.2) is 4.85 Å². The van der Waals surface area contributed by atoms with Gasteiger partial charge in [-0.3, -0.25) is 0 Å². The van der Waals surface area contributed by atoms with Crippen LogP contribution in [0.2, 0.25) is 0 Å². The Hall–Kier alpha value is -11.8. The molecule has 0 unspecified atom stereocenters. The minimum atomic E-state index is 0.164. The Bertz CT molecular complexity index is 6230. The van der Waals surface area contributed by atoms with Crippen LogP contribution in [-0.4, -0.2) is 13.7 Å². The van der Waals surface area contributed by atoms with Crippen molar-refractivity contribution in [2.45, 2.75) is 0 Å². The average Bonchev–Trinajstić information content (AvgIpc) is 2.04. The molecule has 7 aromatic heterocycles. The smallest absolute Gasteiger partial charge is 0.232 e. The van der Waals surface area contributed by atoms with E-state index in [1.807, 2.05) is 91.0 Å². The molecule has 0 saturated carbocycles. The maximum Gasteiger partial charge on any atom is 0.232 e. The van der Waals surface area contributed by atoms with Crippen LogP contribution in [0.3, 0.4) is 0 Å². The molecule has 0 atom stereocenters. The second kappa shape index (κ2) is 16.0. The predicted octanol–water partition coefficient (Wildman–Crippen LogP) is 20.7. The van der Waals surface area contributed by atoms with Gasteiger partial charge in [-0.05, 0) is 78.9 Å². The highest BCUT2D eigenvalue weighted by molar-refractivity contribution is 6.28. The molecule has 0 aliphatic rings. The number of rotatable bonds is 4. The first-order valence-electron chi connectivity index (χ1n) is 27.6. The van der Waals surface area contributed by atoms with Crippen LogP contribution in [0.25, 0.3) is 186 Å². The molecule has 19 aromatic rings. The van der Waals surface area contributed by atoms with Gasteiger partial charge < -0.3 is 31.4 Å². The minimum Gasteiger partial charge on any atom is -0.455 e. The molecule has 7 heterocycles. The first-order valence-corrected chi connectivity index (χ1v) is 27.6. The van der Waals surface area contributed by atoms with Gasteiger partial charge in [0.25, 0.3) is 0 Å². The van der Waals surface area contributed by atoms with Gasteiger partial charge in [0, 0.05) is 70.4 Å². The Morgan fingerprint density at radius 2 is 0.651 bits per heavy atom. The number of aromatic nitrogens is 3. The van der Waals surface area contributed by atoms with E-state index < -0.39 is 0 Å². The van der Waals surface area contributed by atoms with Gasteiger partial charge >= 0.3 is 0 Å². The lowest BCUT2D eigenvalue weighted by Gasteiger charge is -2.27. The molecular weight excluding hydrogens is 1020 g/mol. The maximum absolute atomic E-state index is 12.5. The molecule has 0 aliphatic heterocycles. The van der Waals surface area contributed by atoms with E-state index >= 15 is 0 Å². The van der Waals surface area contributed by atoms with E-state index in [-0.39, 0.29) is 11.3 Å². The summed E-state index contributed by atoms with van der Waals surface area (Å²) in [6.45, 7) is 9.74. The molecule has 0 spiro atoms. The highest BCUT2D eigenvalue weighted by Crippen LogP contribution is 2.55. The molecule has 12 aromatic carbocycles. The summed E-state index contributed by atoms with van der Waals surface area (Å²) in [7, 11) is 0. The number of para-hydroxylation sites is 8. The van der Waals surface area contributed by atoms with Gasteiger partial charge in [0.1, 0.15) is 44.7 Å². The summed E-state index contributed by atoms with van der Waals surface area (Å²) in [4.78, 5) is 4.65. The van der Waals surface area contributed by atoms with Crippen molar-refractivity contribution in [2.24, 2.45) is 0 Å². The summed E-state index contributed by atoms with van der Waals surface area (Å²) in [5.74, 6) is 0. The van der Waals surface area contributed by atoms with E-state index in [1.165, 1.54) is 0 Å². The Morgan fingerprint density at radius 1 is 0.313 bits per heavy atom. The van der Waals surface area contributed by atoms with E-state index in [2.05, 4.69) is 158 Å². The predicted molar refractivity (Wildman–Crippen MR) is 335 cm³/mol. The summed E-state index contributed by atoms with van der Waals surface area (Å²) >= 11 is 0. The Labute approximate surface area is 468 Å². The Morgan fingerprint density at radius 3 is 1.06 bits per heavy atom. The standard InChI is InChI=1S/C74H37N5O4/c1-76-67-52(39-75)68(77-53-26-9-2-21-48(53)63-56(77)36-33-45-41-18-6-13-30-60(41)81-72(45)63)66(51-25-16-24-44-40-17-5-12-29-59(40)80-71(44)51)69(78-54-27-10-3-22-49(54)64-57(78)37-34-46-42-19-7-14-31-61(42)82-73(46)64)70(67)79-55-28-11-4-23-50(55)65-58(79)38-35-47-43-20-8-15-32-62(43)83-74(47)65/h2-38H. The summed E-state index contributed by atoms with van der Waals surface area (Å²) in [5, 5.41) is 25.8. The fraction of sp³-hybridized carbons (Fsp3) is 0. The van der Waals surface area contributed by atoms with Crippen LogP contribution >= 0.6 is 0 Å². The number of nitriles is 1. The van der Waals surface area contributed by atoms with Crippen molar-refractivity contribution in [3.05, 3.63) is 241 Å². The van der Waals surface area contributed by atoms with Gasteiger partial charge in [-0.1, -0.05) is 146 Å². The highest BCUT2D eigenvalue weighted by Gasteiger charge is 2.36. The van der Waals surface area contributed by atoms with E-state index in [9.17, 15) is 11.8 Å². The Kier molecular flexibility index (Phi) is 8.48. The van der Waals surface area contributed by atoms with Crippen molar-refractivity contribution < 1.29 is 17.7 Å². The zero-order valence-electron chi connectivity index (χ0n) is 43.7. The van der Waals surface area contributed by atoms with Crippen LogP contribution in [0.4, 0.5) is 5.69 Å². The lowest BCUT2D eigenvalue weighted by atomic mass is 9.92.